The molecule has 0 fully saturated rings. The summed E-state index contributed by atoms with van der Waals surface area (Å²) in [5, 5.41) is 21.9. The van der Waals surface area contributed by atoms with Gasteiger partial charge in [-0.15, -0.1) is 23.1 Å². The van der Waals surface area contributed by atoms with E-state index in [4.69, 9.17) is 5.11 Å². The number of nitrogens with zero attached hydrogens (tertiary/aromatic N) is 3. The lowest BCUT2D eigenvalue weighted by molar-refractivity contribution is -0.133. The Balaban J connectivity index is 1.60. The number of aliphatic carboxylic acids is 1. The van der Waals surface area contributed by atoms with E-state index in [9.17, 15) is 14.3 Å². The van der Waals surface area contributed by atoms with Crippen molar-refractivity contribution in [3.63, 3.8) is 0 Å². The molecule has 0 aliphatic carbocycles. The van der Waals surface area contributed by atoms with Crippen LogP contribution in [0.15, 0.2) is 112 Å². The van der Waals surface area contributed by atoms with Crippen LogP contribution in [0.5, 0.6) is 0 Å². The lowest BCUT2D eigenvalue weighted by Crippen LogP contribution is -2.07. The first kappa shape index (κ1) is 27.7. The highest BCUT2D eigenvalue weighted by molar-refractivity contribution is 8.00. The minimum Gasteiger partial charge on any atom is -0.481 e. The fourth-order valence-corrected chi connectivity index (χ4v) is 7.52. The fraction of sp³-hybridized carbons (Fsp3) is 0.0606. The molecule has 0 spiro atoms. The molecular weight excluding hydrogens is 583 g/mol. The van der Waals surface area contributed by atoms with Crippen LogP contribution in [0.3, 0.4) is 0 Å². The molecule has 0 amide bonds. The maximum atomic E-state index is 14.4. The number of nitriles is 1. The quantitative estimate of drug-likeness (QED) is 0.177. The molecule has 0 bridgehead atoms. The summed E-state index contributed by atoms with van der Waals surface area (Å²) in [6.45, 7) is 2.00. The molecule has 1 atom stereocenters. The predicted molar refractivity (Wildman–Crippen MR) is 170 cm³/mol. The van der Waals surface area contributed by atoms with E-state index in [1.807, 2.05) is 101 Å². The smallest absolute Gasteiger partial charge is 0.313 e. The minimum atomic E-state index is -1.59. The number of aromatic nitrogens is 2. The van der Waals surface area contributed by atoms with Gasteiger partial charge >= 0.3 is 5.97 Å². The monoisotopic (exact) mass is 605 g/mol. The Morgan fingerprint density at radius 1 is 1.00 bits per heavy atom. The third-order valence-corrected chi connectivity index (χ3v) is 9.95. The molecule has 42 heavy (non-hydrogen) atoms. The summed E-state index contributed by atoms with van der Waals surface area (Å²) in [7, 11) is -1.59. The summed E-state index contributed by atoms with van der Waals surface area (Å²) in [4.78, 5) is 17.5. The van der Waals surface area contributed by atoms with Gasteiger partial charge in [-0.1, -0.05) is 54.1 Å². The largest absolute Gasteiger partial charge is 0.481 e. The fourth-order valence-electron chi connectivity index (χ4n) is 4.92. The highest BCUT2D eigenvalue weighted by Gasteiger charge is 2.26. The van der Waals surface area contributed by atoms with E-state index in [0.29, 0.717) is 9.77 Å². The van der Waals surface area contributed by atoms with Crippen molar-refractivity contribution in [2.75, 3.05) is 5.75 Å². The number of thiophene rings is 1. The molecule has 6 aromatic rings. The topological polar surface area (TPSA) is 96.0 Å². The summed E-state index contributed by atoms with van der Waals surface area (Å²) in [6.07, 6.45) is 3.40. The Morgan fingerprint density at radius 3 is 2.57 bits per heavy atom. The number of rotatable bonds is 8. The molecule has 0 saturated heterocycles. The highest BCUT2D eigenvalue weighted by Crippen LogP contribution is 2.45. The van der Waals surface area contributed by atoms with E-state index < -0.39 is 17.0 Å². The van der Waals surface area contributed by atoms with E-state index in [0.717, 1.165) is 54.9 Å². The van der Waals surface area contributed by atoms with Crippen LogP contribution in [0.2, 0.25) is 0 Å². The van der Waals surface area contributed by atoms with Crippen LogP contribution in [0.1, 0.15) is 10.4 Å². The molecule has 6 rings (SSSR count). The van der Waals surface area contributed by atoms with Crippen LogP contribution in [0.4, 0.5) is 0 Å². The average molecular weight is 606 g/mol. The molecule has 1 N–H and O–H groups in total. The Kier molecular flexibility index (Phi) is 7.76. The van der Waals surface area contributed by atoms with Crippen molar-refractivity contribution in [1.82, 2.24) is 8.96 Å². The number of carbonyl (C=O) groups is 1. The Bertz CT molecular complexity index is 2020. The molecule has 9 heteroatoms. The van der Waals surface area contributed by atoms with Gasteiger partial charge in [-0.05, 0) is 54.3 Å². The molecule has 3 aromatic carbocycles. The summed E-state index contributed by atoms with van der Waals surface area (Å²) in [5.74, 6) is -0.944. The number of fused-ring (bicyclic) bond motifs is 1. The number of pyridine rings is 1. The van der Waals surface area contributed by atoms with Crippen molar-refractivity contribution in [2.45, 2.75) is 16.7 Å². The second-order valence-electron chi connectivity index (χ2n) is 9.55. The Labute approximate surface area is 253 Å². The van der Waals surface area contributed by atoms with Gasteiger partial charge in [0.05, 0.1) is 21.9 Å². The van der Waals surface area contributed by atoms with Crippen molar-refractivity contribution < 1.29 is 14.1 Å². The molecule has 0 saturated carbocycles. The zero-order chi connectivity index (χ0) is 29.2. The molecule has 1 unspecified atom stereocenters. The van der Waals surface area contributed by atoms with Crippen LogP contribution in [0, 0.1) is 18.3 Å². The SMILES string of the molecule is Cc1ccc(S(=O)n2c(-c3cccc(-c4cncc(SCC(=O)O)c4)c3)c(-c3ccsc3C#N)c3ccccc32)cc1. The van der Waals surface area contributed by atoms with E-state index >= 15 is 0 Å². The van der Waals surface area contributed by atoms with Gasteiger partial charge in [0.15, 0.2) is 11.0 Å². The van der Waals surface area contributed by atoms with Gasteiger partial charge in [-0.25, -0.2) is 4.21 Å². The number of aryl methyl sites for hydroxylation is 1. The Hall–Kier alpha value is -4.49. The molecular formula is C33H23N3O3S3. The van der Waals surface area contributed by atoms with Crippen LogP contribution in [0.25, 0.3) is 44.4 Å². The normalized spacial score (nSPS) is 11.8. The first-order valence-electron chi connectivity index (χ1n) is 13.0. The maximum absolute atomic E-state index is 14.4. The van der Waals surface area contributed by atoms with Crippen molar-refractivity contribution in [1.29, 1.82) is 5.26 Å². The molecule has 3 heterocycles. The van der Waals surface area contributed by atoms with Gasteiger partial charge < -0.3 is 5.11 Å². The molecule has 0 aliphatic heterocycles. The summed E-state index contributed by atoms with van der Waals surface area (Å²) in [6, 6.07) is 29.7. The number of hydrogen-bond acceptors (Lipinski definition) is 6. The standard InChI is InChI=1S/C33H23N3O3S3/c1-21-9-11-26(12-10-21)42(39)36-29-8-3-2-7-27(29)32(28-13-14-40-30(28)17-34)33(36)23-6-4-5-22(15-23)24-16-25(19-35-18-24)41-20-31(37)38/h2-16,18-19H,20H2,1H3,(H,37,38). The van der Waals surface area contributed by atoms with Crippen molar-refractivity contribution in [3.05, 3.63) is 113 Å². The number of carboxylic acid groups (broad SMARTS) is 1. The first-order chi connectivity index (χ1) is 20.4. The number of hydrogen-bond donors (Lipinski definition) is 1. The van der Waals surface area contributed by atoms with E-state index in [1.165, 1.54) is 23.1 Å². The predicted octanol–water partition coefficient (Wildman–Crippen LogP) is 8.03. The van der Waals surface area contributed by atoms with Gasteiger partial charge in [0.2, 0.25) is 0 Å². The van der Waals surface area contributed by atoms with Crippen molar-refractivity contribution >= 4 is 51.0 Å². The zero-order valence-electron chi connectivity index (χ0n) is 22.4. The second-order valence-corrected chi connectivity index (χ2v) is 12.8. The molecule has 3 aromatic heterocycles. The molecule has 0 radical (unpaired) electrons. The average Bonchev–Trinajstić information content (AvgIpc) is 3.62. The van der Waals surface area contributed by atoms with Crippen LogP contribution in [-0.2, 0) is 15.8 Å². The van der Waals surface area contributed by atoms with E-state index in [1.54, 1.807) is 12.4 Å². The number of carboxylic acids is 1. The van der Waals surface area contributed by atoms with Gasteiger partial charge in [0.1, 0.15) is 10.9 Å². The van der Waals surface area contributed by atoms with E-state index in [2.05, 4.69) is 11.1 Å². The third kappa shape index (κ3) is 5.28. The van der Waals surface area contributed by atoms with Gasteiger partial charge in [-0.2, -0.15) is 5.26 Å². The van der Waals surface area contributed by atoms with Crippen LogP contribution < -0.4 is 0 Å². The molecule has 206 valence electrons. The highest BCUT2D eigenvalue weighted by atomic mass is 32.2. The summed E-state index contributed by atoms with van der Waals surface area (Å²) < 4.78 is 16.2. The second kappa shape index (κ2) is 11.8. The summed E-state index contributed by atoms with van der Waals surface area (Å²) >= 11 is 2.60. The summed E-state index contributed by atoms with van der Waals surface area (Å²) in [5.41, 5.74) is 6.83. The molecule has 0 aliphatic rings. The van der Waals surface area contributed by atoms with Gasteiger partial charge in [0, 0.05) is 44.9 Å². The van der Waals surface area contributed by atoms with Crippen LogP contribution >= 0.6 is 23.1 Å². The van der Waals surface area contributed by atoms with Crippen LogP contribution in [-0.4, -0.2) is 30.0 Å². The minimum absolute atomic E-state index is 0.0542. The molecule has 6 nitrogen and oxygen atoms in total. The van der Waals surface area contributed by atoms with Gasteiger partial charge in [0.25, 0.3) is 0 Å². The van der Waals surface area contributed by atoms with Gasteiger partial charge in [-0.3, -0.25) is 13.8 Å². The Morgan fingerprint density at radius 2 is 1.79 bits per heavy atom. The third-order valence-electron chi connectivity index (χ3n) is 6.80. The van der Waals surface area contributed by atoms with Crippen molar-refractivity contribution in [3.8, 4) is 39.6 Å². The lowest BCUT2D eigenvalue weighted by Gasteiger charge is -2.14. The lowest BCUT2D eigenvalue weighted by atomic mass is 9.97. The number of thioether (sulfide) groups is 1. The maximum Gasteiger partial charge on any atom is 0.313 e. The number of benzene rings is 3. The first-order valence-corrected chi connectivity index (χ1v) is 15.9. The number of para-hydroxylation sites is 1. The van der Waals surface area contributed by atoms with E-state index in [-0.39, 0.29) is 5.75 Å². The van der Waals surface area contributed by atoms with Crippen molar-refractivity contribution in [2.24, 2.45) is 0 Å². The zero-order valence-corrected chi connectivity index (χ0v) is 24.8.